The number of hydrogen-bond acceptors (Lipinski definition) is 14. The summed E-state index contributed by atoms with van der Waals surface area (Å²) >= 11 is 0. The second kappa shape index (κ2) is 20.8. The molecular formula is C29H52N4O14. The molecule has 2 aliphatic heterocycles. The van der Waals surface area contributed by atoms with Gasteiger partial charge in [0.2, 0.25) is 23.6 Å². The largest absolute Gasteiger partial charge is 0.388 e. The van der Waals surface area contributed by atoms with Crippen LogP contribution in [-0.2, 0) is 38.1 Å². The topological polar surface area (TPSA) is 266 Å². The number of carbonyl (C=O) groups is 4. The average molecular weight is 681 g/mol. The van der Waals surface area contributed by atoms with Gasteiger partial charge >= 0.3 is 0 Å². The lowest BCUT2D eigenvalue weighted by Crippen LogP contribution is -2.57. The zero-order valence-electron chi connectivity index (χ0n) is 27.2. The van der Waals surface area contributed by atoms with E-state index < -0.39 is 73.2 Å². The predicted octanol–water partition coefficient (Wildman–Crippen LogP) is -4.18. The highest BCUT2D eigenvalue weighted by molar-refractivity contribution is 5.80. The zero-order valence-corrected chi connectivity index (χ0v) is 27.2. The SMILES string of the molecule is CNC(=O)CCCCC(=O)N(CCC(=O)NCCOC1OC(C)C(O)C(O)C1O)CCC(=O)NCCOC1OC(C)C(O)C(O)C1O. The highest BCUT2D eigenvalue weighted by Gasteiger charge is 2.43. The molecule has 0 aromatic heterocycles. The van der Waals surface area contributed by atoms with Crippen LogP contribution in [0.25, 0.3) is 0 Å². The minimum Gasteiger partial charge on any atom is -0.388 e. The number of ether oxygens (including phenoxy) is 4. The van der Waals surface area contributed by atoms with E-state index in [1.54, 1.807) is 0 Å². The highest BCUT2D eigenvalue weighted by atomic mass is 16.7. The van der Waals surface area contributed by atoms with Crippen LogP contribution < -0.4 is 16.0 Å². The van der Waals surface area contributed by atoms with Gasteiger partial charge in [-0.15, -0.1) is 0 Å². The van der Waals surface area contributed by atoms with Gasteiger partial charge in [0.05, 0.1) is 25.4 Å². The molecule has 272 valence electrons. The minimum absolute atomic E-state index is 0.0205. The Labute approximate surface area is 273 Å². The number of rotatable bonds is 19. The van der Waals surface area contributed by atoms with Crippen molar-refractivity contribution in [1.82, 2.24) is 20.9 Å². The van der Waals surface area contributed by atoms with Crippen molar-refractivity contribution < 1.29 is 68.8 Å². The lowest BCUT2D eigenvalue weighted by molar-refractivity contribution is -0.292. The Morgan fingerprint density at radius 1 is 0.617 bits per heavy atom. The normalized spacial score (nSPS) is 30.7. The van der Waals surface area contributed by atoms with Crippen LogP contribution in [0.4, 0.5) is 0 Å². The van der Waals surface area contributed by atoms with Crippen molar-refractivity contribution >= 4 is 23.6 Å². The van der Waals surface area contributed by atoms with E-state index in [1.807, 2.05) is 0 Å². The number of aliphatic hydroxyl groups excluding tert-OH is 6. The van der Waals surface area contributed by atoms with E-state index in [4.69, 9.17) is 18.9 Å². The first-order valence-electron chi connectivity index (χ1n) is 15.9. The lowest BCUT2D eigenvalue weighted by Gasteiger charge is -2.38. The molecule has 4 amide bonds. The van der Waals surface area contributed by atoms with E-state index in [0.29, 0.717) is 12.8 Å². The third-order valence-corrected chi connectivity index (χ3v) is 7.92. The molecule has 18 nitrogen and oxygen atoms in total. The summed E-state index contributed by atoms with van der Waals surface area (Å²) in [6.07, 6.45) is -11.1. The number of nitrogens with zero attached hydrogens (tertiary/aromatic N) is 1. The molecule has 18 heteroatoms. The molecule has 10 unspecified atom stereocenters. The second-order valence-electron chi connectivity index (χ2n) is 11.6. The lowest BCUT2D eigenvalue weighted by atomic mass is 10.0. The molecule has 47 heavy (non-hydrogen) atoms. The standard InChI is InChI=1S/C29H52N4O14/c1-16-22(38)24(40)26(42)28(46-16)44-14-10-31-19(35)8-12-33(21(37)7-5-4-6-18(34)30-3)13-9-20(36)32-11-15-45-29-27(43)25(41)23(39)17(2)47-29/h16-17,22-29,38-43H,4-15H2,1-3H3,(H,30,34)(H,31,35)(H,32,36). The van der Waals surface area contributed by atoms with E-state index in [-0.39, 0.29) is 76.9 Å². The summed E-state index contributed by atoms with van der Waals surface area (Å²) in [4.78, 5) is 50.7. The Hall–Kier alpha value is -2.52. The average Bonchev–Trinajstić information content (AvgIpc) is 3.05. The van der Waals surface area contributed by atoms with Crippen molar-refractivity contribution in [3.05, 3.63) is 0 Å². The Balaban J connectivity index is 1.77. The summed E-state index contributed by atoms with van der Waals surface area (Å²) < 4.78 is 21.5. The van der Waals surface area contributed by atoms with E-state index in [0.717, 1.165) is 0 Å². The zero-order chi connectivity index (χ0) is 35.1. The Morgan fingerprint density at radius 2 is 1.04 bits per heavy atom. The van der Waals surface area contributed by atoms with Crippen LogP contribution in [0.3, 0.4) is 0 Å². The molecule has 0 aromatic carbocycles. The summed E-state index contributed by atoms with van der Waals surface area (Å²) in [6, 6.07) is 0. The highest BCUT2D eigenvalue weighted by Crippen LogP contribution is 2.22. The van der Waals surface area contributed by atoms with Crippen LogP contribution in [0, 0.1) is 0 Å². The molecule has 2 aliphatic rings. The number of carbonyl (C=O) groups excluding carboxylic acids is 4. The molecule has 0 bridgehead atoms. The van der Waals surface area contributed by atoms with Gasteiger partial charge in [-0.1, -0.05) is 0 Å². The second-order valence-corrected chi connectivity index (χ2v) is 11.6. The van der Waals surface area contributed by atoms with Crippen LogP contribution in [0.2, 0.25) is 0 Å². The van der Waals surface area contributed by atoms with Gasteiger partial charge in [-0.2, -0.15) is 0 Å². The fourth-order valence-corrected chi connectivity index (χ4v) is 4.89. The number of nitrogens with one attached hydrogen (secondary N) is 3. The van der Waals surface area contributed by atoms with Crippen LogP contribution in [0.5, 0.6) is 0 Å². The van der Waals surface area contributed by atoms with Gasteiger partial charge in [0.1, 0.15) is 36.6 Å². The maximum Gasteiger partial charge on any atom is 0.222 e. The molecule has 0 saturated carbocycles. The van der Waals surface area contributed by atoms with Crippen molar-refractivity contribution in [2.45, 2.75) is 114 Å². The van der Waals surface area contributed by atoms with Crippen LogP contribution in [0.1, 0.15) is 52.4 Å². The molecule has 2 rings (SSSR count). The van der Waals surface area contributed by atoms with Crippen molar-refractivity contribution in [2.75, 3.05) is 46.4 Å². The Kier molecular flexibility index (Phi) is 18.0. The first-order chi connectivity index (χ1) is 22.3. The first kappa shape index (κ1) is 40.7. The van der Waals surface area contributed by atoms with Crippen molar-refractivity contribution in [2.24, 2.45) is 0 Å². The van der Waals surface area contributed by atoms with Gasteiger partial charge in [-0.3, -0.25) is 19.2 Å². The third kappa shape index (κ3) is 13.5. The van der Waals surface area contributed by atoms with Crippen molar-refractivity contribution in [3.8, 4) is 0 Å². The molecule has 9 N–H and O–H groups in total. The van der Waals surface area contributed by atoms with Gasteiger partial charge in [-0.05, 0) is 26.7 Å². The molecule has 0 aliphatic carbocycles. The van der Waals surface area contributed by atoms with Gasteiger partial charge in [0.15, 0.2) is 12.6 Å². The molecule has 10 atom stereocenters. The summed E-state index contributed by atoms with van der Waals surface area (Å²) in [6.45, 7) is 3.04. The predicted molar refractivity (Wildman–Crippen MR) is 161 cm³/mol. The molecular weight excluding hydrogens is 628 g/mol. The molecule has 0 spiro atoms. The smallest absolute Gasteiger partial charge is 0.222 e. The quantitative estimate of drug-likeness (QED) is 0.0586. The van der Waals surface area contributed by atoms with Crippen LogP contribution >= 0.6 is 0 Å². The summed E-state index contributed by atoms with van der Waals surface area (Å²) in [5.41, 5.74) is 0. The van der Waals surface area contributed by atoms with E-state index in [9.17, 15) is 49.8 Å². The maximum absolute atomic E-state index is 12.9. The number of unbranched alkanes of at least 4 members (excludes halogenated alkanes) is 1. The van der Waals surface area contributed by atoms with Gasteiger partial charge < -0.3 is 70.4 Å². The van der Waals surface area contributed by atoms with Crippen LogP contribution in [-0.4, -0.2) is 167 Å². The molecule has 2 saturated heterocycles. The molecule has 0 radical (unpaired) electrons. The van der Waals surface area contributed by atoms with E-state index >= 15 is 0 Å². The molecule has 2 heterocycles. The Bertz CT molecular complexity index is 935. The van der Waals surface area contributed by atoms with E-state index in [2.05, 4.69) is 16.0 Å². The summed E-state index contributed by atoms with van der Waals surface area (Å²) in [5, 5.41) is 67.1. The van der Waals surface area contributed by atoms with Crippen molar-refractivity contribution in [1.29, 1.82) is 0 Å². The molecule has 2 fully saturated rings. The van der Waals surface area contributed by atoms with Gasteiger partial charge in [0, 0.05) is 58.9 Å². The third-order valence-electron chi connectivity index (χ3n) is 7.92. The number of amides is 4. The fraction of sp³-hybridized carbons (Fsp3) is 0.862. The monoisotopic (exact) mass is 680 g/mol. The first-order valence-corrected chi connectivity index (χ1v) is 15.9. The van der Waals surface area contributed by atoms with Crippen LogP contribution in [0.15, 0.2) is 0 Å². The molecule has 0 aromatic rings. The van der Waals surface area contributed by atoms with Gasteiger partial charge in [0.25, 0.3) is 0 Å². The number of aliphatic hydroxyl groups is 6. The van der Waals surface area contributed by atoms with Gasteiger partial charge in [-0.25, -0.2) is 0 Å². The summed E-state index contributed by atoms with van der Waals surface area (Å²) in [5.74, 6) is -1.23. The van der Waals surface area contributed by atoms with Crippen molar-refractivity contribution in [3.63, 3.8) is 0 Å². The maximum atomic E-state index is 12.9. The summed E-state index contributed by atoms with van der Waals surface area (Å²) in [7, 11) is 1.52. The fourth-order valence-electron chi connectivity index (χ4n) is 4.89. The van der Waals surface area contributed by atoms with E-state index in [1.165, 1.54) is 25.8 Å². The number of hydrogen-bond donors (Lipinski definition) is 9. The minimum atomic E-state index is -1.47. The Morgan fingerprint density at radius 3 is 1.47 bits per heavy atom.